The van der Waals surface area contributed by atoms with Gasteiger partial charge in [0.15, 0.2) is 5.96 Å². The number of aryl methyl sites for hydroxylation is 1. The van der Waals surface area contributed by atoms with Crippen LogP contribution in [0.5, 0.6) is 0 Å². The Morgan fingerprint density at radius 2 is 1.80 bits per heavy atom. The van der Waals surface area contributed by atoms with Crippen molar-refractivity contribution in [2.24, 2.45) is 4.99 Å². The van der Waals surface area contributed by atoms with Crippen molar-refractivity contribution < 1.29 is 0 Å². The summed E-state index contributed by atoms with van der Waals surface area (Å²) in [7, 11) is 2.23. The average molecular weight is 415 g/mol. The van der Waals surface area contributed by atoms with Crippen molar-refractivity contribution in [3.63, 3.8) is 0 Å². The number of rotatable bonds is 6. The lowest BCUT2D eigenvalue weighted by Crippen LogP contribution is -2.52. The molecule has 2 heterocycles. The monoisotopic (exact) mass is 414 g/mol. The minimum Gasteiger partial charge on any atom is -0.368 e. The van der Waals surface area contributed by atoms with E-state index in [1.54, 1.807) is 0 Å². The molecule has 0 aliphatic carbocycles. The Morgan fingerprint density at radius 3 is 2.57 bits per heavy atom. The fraction of sp³-hybridized carbons (Fsp3) is 0.708. The molecule has 3 rings (SSSR count). The van der Waals surface area contributed by atoms with Gasteiger partial charge in [-0.15, -0.1) is 0 Å². The first-order chi connectivity index (χ1) is 14.6. The Kier molecular flexibility index (Phi) is 8.82. The van der Waals surface area contributed by atoms with E-state index in [0.29, 0.717) is 0 Å². The van der Waals surface area contributed by atoms with Crippen molar-refractivity contribution in [3.8, 4) is 0 Å². The van der Waals surface area contributed by atoms with Crippen LogP contribution < -0.4 is 10.2 Å². The molecule has 2 aliphatic rings. The van der Waals surface area contributed by atoms with Gasteiger partial charge in [0.1, 0.15) is 0 Å². The van der Waals surface area contributed by atoms with Crippen LogP contribution in [0.1, 0.15) is 30.9 Å². The number of hydrogen-bond acceptors (Lipinski definition) is 4. The summed E-state index contributed by atoms with van der Waals surface area (Å²) in [5.41, 5.74) is 4.17. The Morgan fingerprint density at radius 1 is 1.00 bits per heavy atom. The van der Waals surface area contributed by atoms with E-state index >= 15 is 0 Å². The van der Waals surface area contributed by atoms with Gasteiger partial charge in [0, 0.05) is 58.0 Å². The van der Waals surface area contributed by atoms with Crippen molar-refractivity contribution in [1.82, 2.24) is 20.0 Å². The predicted molar refractivity (Wildman–Crippen MR) is 129 cm³/mol. The van der Waals surface area contributed by atoms with Gasteiger partial charge in [-0.3, -0.25) is 4.99 Å². The first-order valence-corrected chi connectivity index (χ1v) is 11.8. The molecule has 30 heavy (non-hydrogen) atoms. The van der Waals surface area contributed by atoms with E-state index in [4.69, 9.17) is 4.99 Å². The van der Waals surface area contributed by atoms with E-state index < -0.39 is 0 Å². The Labute approximate surface area is 183 Å². The molecule has 0 amide bonds. The highest BCUT2D eigenvalue weighted by Crippen LogP contribution is 2.23. The minimum atomic E-state index is 0.909. The van der Waals surface area contributed by atoms with Gasteiger partial charge in [0.05, 0.1) is 0 Å². The number of likely N-dealkylation sites (N-methyl/N-ethyl adjacent to an activating group) is 1. The van der Waals surface area contributed by atoms with Gasteiger partial charge in [-0.25, -0.2) is 0 Å². The van der Waals surface area contributed by atoms with Crippen LogP contribution in [0, 0.1) is 13.8 Å². The molecule has 6 heteroatoms. The molecule has 0 aromatic heterocycles. The van der Waals surface area contributed by atoms with E-state index in [2.05, 4.69) is 70.9 Å². The first kappa shape index (κ1) is 22.9. The molecule has 2 fully saturated rings. The fourth-order valence-corrected chi connectivity index (χ4v) is 4.47. The van der Waals surface area contributed by atoms with Crippen LogP contribution in [0.3, 0.4) is 0 Å². The van der Waals surface area contributed by atoms with Gasteiger partial charge in [-0.2, -0.15) is 0 Å². The van der Waals surface area contributed by atoms with Crippen LogP contribution in [-0.4, -0.2) is 99.7 Å². The third kappa shape index (κ3) is 6.35. The van der Waals surface area contributed by atoms with Crippen molar-refractivity contribution >= 4 is 11.6 Å². The summed E-state index contributed by atoms with van der Waals surface area (Å²) in [4.78, 5) is 15.0. The summed E-state index contributed by atoms with van der Waals surface area (Å²) in [6.07, 6.45) is 2.42. The summed E-state index contributed by atoms with van der Waals surface area (Å²) < 4.78 is 0. The van der Waals surface area contributed by atoms with Crippen molar-refractivity contribution in [1.29, 1.82) is 0 Å². The number of anilines is 1. The number of hydrogen-bond donors (Lipinski definition) is 1. The number of nitrogens with one attached hydrogen (secondary N) is 1. The molecule has 1 N–H and O–H groups in total. The van der Waals surface area contributed by atoms with Gasteiger partial charge in [-0.05, 0) is 77.5 Å². The SMILES string of the molecule is CCNC(=NCCCN1CCCN(C)CC1)N1CCN(c2cccc(C)c2C)CC1. The number of piperazine rings is 1. The van der Waals surface area contributed by atoms with Crippen molar-refractivity contribution in [3.05, 3.63) is 29.3 Å². The summed E-state index contributed by atoms with van der Waals surface area (Å²) in [6, 6.07) is 6.64. The standard InChI is InChI=1S/C24H42N6/c1-5-25-24(26-11-7-13-28-14-8-12-27(4)15-16-28)30-19-17-29(18-20-30)23-10-6-9-21(2)22(23)3/h6,9-10H,5,7-8,11-20H2,1-4H3,(H,25,26). The number of benzene rings is 1. The number of guanidine groups is 1. The molecule has 6 nitrogen and oxygen atoms in total. The molecule has 2 aliphatic heterocycles. The quantitative estimate of drug-likeness (QED) is 0.440. The average Bonchev–Trinajstić information content (AvgIpc) is 2.96. The third-order valence-electron chi connectivity index (χ3n) is 6.54. The lowest BCUT2D eigenvalue weighted by Gasteiger charge is -2.38. The van der Waals surface area contributed by atoms with Gasteiger partial charge < -0.3 is 24.9 Å². The Bertz CT molecular complexity index is 680. The van der Waals surface area contributed by atoms with E-state index in [0.717, 1.165) is 58.2 Å². The maximum Gasteiger partial charge on any atom is 0.194 e. The van der Waals surface area contributed by atoms with Gasteiger partial charge in [0.2, 0.25) is 0 Å². The molecule has 0 bridgehead atoms. The fourth-order valence-electron chi connectivity index (χ4n) is 4.47. The van der Waals surface area contributed by atoms with Crippen LogP contribution in [0.15, 0.2) is 23.2 Å². The van der Waals surface area contributed by atoms with Crippen LogP contribution in [0.25, 0.3) is 0 Å². The molecule has 0 spiro atoms. The van der Waals surface area contributed by atoms with Crippen molar-refractivity contribution in [2.75, 3.05) is 83.9 Å². The topological polar surface area (TPSA) is 37.4 Å². The zero-order chi connectivity index (χ0) is 21.3. The zero-order valence-electron chi connectivity index (χ0n) is 19.7. The zero-order valence-corrected chi connectivity index (χ0v) is 19.7. The normalized spacial score (nSPS) is 19.8. The molecule has 1 aromatic rings. The molecular weight excluding hydrogens is 372 g/mol. The summed E-state index contributed by atoms with van der Waals surface area (Å²) in [5.74, 6) is 1.09. The second kappa shape index (κ2) is 11.6. The van der Waals surface area contributed by atoms with E-state index in [-0.39, 0.29) is 0 Å². The van der Waals surface area contributed by atoms with Gasteiger partial charge in [-0.1, -0.05) is 12.1 Å². The summed E-state index contributed by atoms with van der Waals surface area (Å²) in [5, 5.41) is 3.52. The smallest absolute Gasteiger partial charge is 0.194 e. The highest BCUT2D eigenvalue weighted by molar-refractivity contribution is 5.80. The number of nitrogens with zero attached hydrogens (tertiary/aromatic N) is 5. The lowest BCUT2D eigenvalue weighted by atomic mass is 10.1. The maximum atomic E-state index is 4.97. The molecule has 1 aromatic carbocycles. The van der Waals surface area contributed by atoms with Crippen molar-refractivity contribution in [2.45, 2.75) is 33.6 Å². The van der Waals surface area contributed by atoms with E-state index in [1.807, 2.05) is 0 Å². The van der Waals surface area contributed by atoms with E-state index in [1.165, 1.54) is 49.4 Å². The van der Waals surface area contributed by atoms with Crippen LogP contribution >= 0.6 is 0 Å². The maximum absolute atomic E-state index is 4.97. The van der Waals surface area contributed by atoms with Crippen LogP contribution in [0.4, 0.5) is 5.69 Å². The summed E-state index contributed by atoms with van der Waals surface area (Å²) in [6.45, 7) is 18.6. The molecule has 0 atom stereocenters. The molecule has 2 saturated heterocycles. The van der Waals surface area contributed by atoms with Crippen LogP contribution in [0.2, 0.25) is 0 Å². The minimum absolute atomic E-state index is 0.909. The molecule has 168 valence electrons. The predicted octanol–water partition coefficient (Wildman–Crippen LogP) is 2.42. The van der Waals surface area contributed by atoms with Crippen LogP contribution in [-0.2, 0) is 0 Å². The van der Waals surface area contributed by atoms with E-state index in [9.17, 15) is 0 Å². The highest BCUT2D eigenvalue weighted by Gasteiger charge is 2.21. The first-order valence-electron chi connectivity index (χ1n) is 11.8. The molecule has 0 unspecified atom stereocenters. The second-order valence-corrected chi connectivity index (χ2v) is 8.78. The molecular formula is C24H42N6. The summed E-state index contributed by atoms with van der Waals surface area (Å²) >= 11 is 0. The number of aliphatic imine (C=N–C) groups is 1. The lowest BCUT2D eigenvalue weighted by molar-refractivity contribution is 0.274. The Balaban J connectivity index is 1.48. The Hall–Kier alpha value is -1.79. The third-order valence-corrected chi connectivity index (χ3v) is 6.54. The van der Waals surface area contributed by atoms with Gasteiger partial charge in [0.25, 0.3) is 0 Å². The largest absolute Gasteiger partial charge is 0.368 e. The second-order valence-electron chi connectivity index (χ2n) is 8.78. The van der Waals surface area contributed by atoms with Gasteiger partial charge >= 0.3 is 0 Å². The highest BCUT2D eigenvalue weighted by atomic mass is 15.3. The molecule has 0 radical (unpaired) electrons. The molecule has 0 saturated carbocycles.